The van der Waals surface area contributed by atoms with Crippen molar-refractivity contribution in [2.24, 2.45) is 10.2 Å². The van der Waals surface area contributed by atoms with Crippen molar-refractivity contribution in [2.45, 2.75) is 12.8 Å². The molecule has 176 valence electrons. The molecule has 0 bridgehead atoms. The highest BCUT2D eigenvalue weighted by atomic mass is 32.2. The SMILES string of the molecule is CN(C)c1ccc(C=NNC(=O)CCSCCC(=O)N/N=C/c2ccc(N(C)C)cc2)cc1. The first kappa shape index (κ1) is 25.9. The van der Waals surface area contributed by atoms with Gasteiger partial charge in [-0.2, -0.15) is 22.0 Å². The van der Waals surface area contributed by atoms with E-state index >= 15 is 0 Å². The molecule has 0 aromatic heterocycles. The smallest absolute Gasteiger partial charge is 0.240 e. The number of amides is 2. The normalized spacial score (nSPS) is 11.0. The quantitative estimate of drug-likeness (QED) is 0.284. The molecule has 2 aromatic rings. The van der Waals surface area contributed by atoms with Crippen LogP contribution in [0.5, 0.6) is 0 Å². The third kappa shape index (κ3) is 10.2. The number of nitrogens with zero attached hydrogens (tertiary/aromatic N) is 4. The minimum absolute atomic E-state index is 0.155. The second kappa shape index (κ2) is 13.9. The molecular weight excluding hydrogens is 436 g/mol. The molecule has 0 heterocycles. The standard InChI is InChI=1S/C24H32N6O2S/c1-29(2)21-9-5-19(6-10-21)17-25-27-23(31)13-15-33-16-14-24(32)28-26-18-20-7-11-22(12-8-20)30(3)4/h5-12,17-18H,13-16H2,1-4H3,(H,27,31)(H,28,32)/b25-17+,26-18?. The lowest BCUT2D eigenvalue weighted by molar-refractivity contribution is -0.121. The summed E-state index contributed by atoms with van der Waals surface area (Å²) in [6, 6.07) is 15.7. The van der Waals surface area contributed by atoms with Crippen LogP contribution in [-0.2, 0) is 9.59 Å². The molecule has 2 rings (SSSR count). The van der Waals surface area contributed by atoms with Gasteiger partial charge in [-0.15, -0.1) is 0 Å². The summed E-state index contributed by atoms with van der Waals surface area (Å²) in [4.78, 5) is 27.8. The number of hydrogen-bond acceptors (Lipinski definition) is 7. The van der Waals surface area contributed by atoms with Crippen LogP contribution in [0.3, 0.4) is 0 Å². The molecule has 8 nitrogen and oxygen atoms in total. The van der Waals surface area contributed by atoms with Gasteiger partial charge in [0.15, 0.2) is 0 Å². The van der Waals surface area contributed by atoms with Gasteiger partial charge in [0.25, 0.3) is 0 Å². The van der Waals surface area contributed by atoms with E-state index in [2.05, 4.69) is 21.1 Å². The van der Waals surface area contributed by atoms with E-state index in [0.717, 1.165) is 22.5 Å². The van der Waals surface area contributed by atoms with E-state index < -0.39 is 0 Å². The molecule has 0 saturated carbocycles. The van der Waals surface area contributed by atoms with Crippen molar-refractivity contribution in [3.63, 3.8) is 0 Å². The van der Waals surface area contributed by atoms with Crippen LogP contribution in [0.25, 0.3) is 0 Å². The minimum Gasteiger partial charge on any atom is -0.378 e. The lowest BCUT2D eigenvalue weighted by Crippen LogP contribution is -2.19. The van der Waals surface area contributed by atoms with E-state index in [4.69, 9.17) is 0 Å². The summed E-state index contributed by atoms with van der Waals surface area (Å²) < 4.78 is 0. The van der Waals surface area contributed by atoms with Gasteiger partial charge in [-0.3, -0.25) is 9.59 Å². The van der Waals surface area contributed by atoms with Gasteiger partial charge in [0.05, 0.1) is 12.4 Å². The van der Waals surface area contributed by atoms with E-state index in [-0.39, 0.29) is 11.8 Å². The van der Waals surface area contributed by atoms with Crippen molar-refractivity contribution in [3.05, 3.63) is 59.7 Å². The first-order chi connectivity index (χ1) is 15.8. The van der Waals surface area contributed by atoms with Gasteiger partial charge in [-0.05, 0) is 35.4 Å². The molecule has 0 spiro atoms. The first-order valence-corrected chi connectivity index (χ1v) is 11.8. The zero-order valence-electron chi connectivity index (χ0n) is 19.6. The van der Waals surface area contributed by atoms with Crippen molar-refractivity contribution in [1.82, 2.24) is 10.9 Å². The van der Waals surface area contributed by atoms with Gasteiger partial charge in [0, 0.05) is 63.9 Å². The Balaban J connectivity index is 1.56. The maximum atomic E-state index is 11.9. The largest absolute Gasteiger partial charge is 0.378 e. The van der Waals surface area contributed by atoms with Crippen LogP contribution in [-0.4, -0.2) is 63.9 Å². The molecule has 2 amide bonds. The molecule has 0 saturated heterocycles. The Hall–Kier alpha value is -3.33. The number of hydrogen-bond donors (Lipinski definition) is 2. The summed E-state index contributed by atoms with van der Waals surface area (Å²) in [6.45, 7) is 0. The maximum Gasteiger partial charge on any atom is 0.240 e. The van der Waals surface area contributed by atoms with Crippen molar-refractivity contribution >= 4 is 47.4 Å². The third-order valence-electron chi connectivity index (χ3n) is 4.57. The third-order valence-corrected chi connectivity index (χ3v) is 5.56. The lowest BCUT2D eigenvalue weighted by atomic mass is 10.2. The van der Waals surface area contributed by atoms with Crippen LogP contribution in [0.1, 0.15) is 24.0 Å². The van der Waals surface area contributed by atoms with Crippen LogP contribution in [0.4, 0.5) is 11.4 Å². The van der Waals surface area contributed by atoms with E-state index in [0.29, 0.717) is 24.3 Å². The average molecular weight is 469 g/mol. The number of nitrogens with one attached hydrogen (secondary N) is 2. The van der Waals surface area contributed by atoms with Gasteiger partial charge in [-0.25, -0.2) is 10.9 Å². The van der Waals surface area contributed by atoms with Crippen LogP contribution in [0.2, 0.25) is 0 Å². The number of carbonyl (C=O) groups excluding carboxylic acids is 2. The number of benzene rings is 2. The van der Waals surface area contributed by atoms with E-state index in [1.807, 2.05) is 86.5 Å². The van der Waals surface area contributed by atoms with Crippen molar-refractivity contribution in [3.8, 4) is 0 Å². The fourth-order valence-corrected chi connectivity index (χ4v) is 3.48. The van der Waals surface area contributed by atoms with E-state index in [1.54, 1.807) is 24.2 Å². The summed E-state index contributed by atoms with van der Waals surface area (Å²) in [6.07, 6.45) is 3.91. The molecule has 9 heteroatoms. The van der Waals surface area contributed by atoms with Gasteiger partial charge in [-0.1, -0.05) is 24.3 Å². The Bertz CT molecular complexity index is 863. The predicted octanol–water partition coefficient (Wildman–Crippen LogP) is 2.93. The highest BCUT2D eigenvalue weighted by molar-refractivity contribution is 7.99. The van der Waals surface area contributed by atoms with Crippen molar-refractivity contribution in [2.75, 3.05) is 49.5 Å². The second-order valence-electron chi connectivity index (χ2n) is 7.67. The summed E-state index contributed by atoms with van der Waals surface area (Å²) in [5.74, 6) is 0.928. The van der Waals surface area contributed by atoms with E-state index in [9.17, 15) is 9.59 Å². The van der Waals surface area contributed by atoms with Crippen molar-refractivity contribution < 1.29 is 9.59 Å². The Morgan fingerprint density at radius 2 is 1.09 bits per heavy atom. The fourth-order valence-electron chi connectivity index (χ4n) is 2.62. The molecule has 0 aliphatic rings. The molecule has 0 atom stereocenters. The summed E-state index contributed by atoms with van der Waals surface area (Å²) in [7, 11) is 7.92. The molecule has 0 radical (unpaired) electrons. The molecule has 33 heavy (non-hydrogen) atoms. The molecule has 2 aromatic carbocycles. The molecule has 0 fully saturated rings. The first-order valence-electron chi connectivity index (χ1n) is 10.6. The Morgan fingerprint density at radius 3 is 1.42 bits per heavy atom. The molecule has 0 aliphatic carbocycles. The molecular formula is C24H32N6O2S. The monoisotopic (exact) mass is 468 g/mol. The summed E-state index contributed by atoms with van der Waals surface area (Å²) in [5, 5.41) is 7.97. The Kier molecular flexibility index (Phi) is 11.0. The Morgan fingerprint density at radius 1 is 0.727 bits per heavy atom. The second-order valence-corrected chi connectivity index (χ2v) is 8.90. The average Bonchev–Trinajstić information content (AvgIpc) is 2.79. The number of anilines is 2. The fraction of sp³-hybridized carbons (Fsp3) is 0.333. The maximum absolute atomic E-state index is 11.9. The van der Waals surface area contributed by atoms with Crippen LogP contribution in [0, 0.1) is 0 Å². The number of hydrazone groups is 2. The van der Waals surface area contributed by atoms with Gasteiger partial charge < -0.3 is 9.80 Å². The van der Waals surface area contributed by atoms with Crippen LogP contribution < -0.4 is 20.7 Å². The van der Waals surface area contributed by atoms with Crippen LogP contribution >= 0.6 is 11.8 Å². The van der Waals surface area contributed by atoms with Gasteiger partial charge in [0.1, 0.15) is 0 Å². The van der Waals surface area contributed by atoms with Gasteiger partial charge in [0.2, 0.25) is 11.8 Å². The summed E-state index contributed by atoms with van der Waals surface area (Å²) >= 11 is 1.54. The zero-order chi connectivity index (χ0) is 24.1. The van der Waals surface area contributed by atoms with Crippen LogP contribution in [0.15, 0.2) is 58.7 Å². The highest BCUT2D eigenvalue weighted by Crippen LogP contribution is 2.12. The topological polar surface area (TPSA) is 89.4 Å². The minimum atomic E-state index is -0.155. The van der Waals surface area contributed by atoms with E-state index in [1.165, 1.54) is 0 Å². The molecule has 0 unspecified atom stereocenters. The lowest BCUT2D eigenvalue weighted by Gasteiger charge is -2.11. The predicted molar refractivity (Wildman–Crippen MR) is 140 cm³/mol. The summed E-state index contributed by atoms with van der Waals surface area (Å²) in [5.41, 5.74) is 9.08. The number of thioether (sulfide) groups is 1. The Labute approximate surface area is 200 Å². The molecule has 0 aliphatic heterocycles. The highest BCUT2D eigenvalue weighted by Gasteiger charge is 2.03. The number of rotatable bonds is 12. The van der Waals surface area contributed by atoms with Crippen molar-refractivity contribution in [1.29, 1.82) is 0 Å². The molecule has 2 N–H and O–H groups in total. The zero-order valence-corrected chi connectivity index (χ0v) is 20.4. The number of carbonyl (C=O) groups is 2. The van der Waals surface area contributed by atoms with Gasteiger partial charge >= 0.3 is 0 Å².